The first-order chi connectivity index (χ1) is 15.4. The van der Waals surface area contributed by atoms with Crippen LogP contribution in [-0.2, 0) is 24.7 Å². The van der Waals surface area contributed by atoms with Crippen LogP contribution < -0.4 is 15.8 Å². The Labute approximate surface area is 185 Å². The normalized spacial score (nSPS) is 17.9. The van der Waals surface area contributed by atoms with Crippen molar-refractivity contribution in [3.05, 3.63) is 39.8 Å². The highest BCUT2D eigenvalue weighted by atomic mass is 16.5. The van der Waals surface area contributed by atoms with E-state index in [1.54, 1.807) is 17.2 Å². The summed E-state index contributed by atoms with van der Waals surface area (Å²) < 4.78 is 7.41. The Balaban J connectivity index is 1.69. The van der Waals surface area contributed by atoms with Crippen LogP contribution >= 0.6 is 0 Å². The number of amides is 1. The second-order valence-electron chi connectivity index (χ2n) is 8.41. The van der Waals surface area contributed by atoms with Gasteiger partial charge >= 0.3 is 0 Å². The van der Waals surface area contributed by atoms with E-state index in [0.29, 0.717) is 35.1 Å². The molecule has 170 valence electrons. The monoisotopic (exact) mass is 439 g/mol. The van der Waals surface area contributed by atoms with Gasteiger partial charge in [-0.25, -0.2) is 10.5 Å². The molecule has 3 aromatic rings. The van der Waals surface area contributed by atoms with Gasteiger partial charge in [-0.1, -0.05) is 19.4 Å². The second-order valence-corrected chi connectivity index (χ2v) is 8.41. The maximum Gasteiger partial charge on any atom is 0.277 e. The van der Waals surface area contributed by atoms with Gasteiger partial charge in [0.15, 0.2) is 5.52 Å². The van der Waals surface area contributed by atoms with Crippen molar-refractivity contribution < 1.29 is 14.7 Å². The molecule has 1 fully saturated rings. The van der Waals surface area contributed by atoms with E-state index in [4.69, 9.17) is 14.9 Å². The van der Waals surface area contributed by atoms with E-state index in [1.165, 1.54) is 0 Å². The number of carbonyl (C=O) groups excluding carboxylic acids is 1. The molecule has 0 bridgehead atoms. The molecule has 1 aliphatic carbocycles. The molecule has 4 rings (SSSR count). The van der Waals surface area contributed by atoms with E-state index in [0.717, 1.165) is 48.9 Å². The molecular formula is C23H29N5O4. The topological polar surface area (TPSA) is 122 Å². The number of aromatic amines is 1. The molecule has 0 saturated heterocycles. The van der Waals surface area contributed by atoms with Crippen molar-refractivity contribution in [3.63, 3.8) is 0 Å². The molecule has 0 spiro atoms. The first-order valence-corrected chi connectivity index (χ1v) is 11.1. The number of aryl methyl sites for hydroxylation is 2. The standard InChI is InChI=1S/C23H29N5O4/c1-4-6-17-19-20(28(3)26-17)23(30)25-21(24-19)16-12-13(7-8-18(16)32-5-2)9-14-10-15(11-14)22(29)27-31/h7-8,12,14-15,31H,4-6,9-11H2,1-3H3,(H,27,29)(H,24,25,30). The summed E-state index contributed by atoms with van der Waals surface area (Å²) in [5.41, 5.74) is 5.23. The fourth-order valence-electron chi connectivity index (χ4n) is 4.49. The van der Waals surface area contributed by atoms with Crippen LogP contribution in [0.25, 0.3) is 22.4 Å². The molecule has 1 aliphatic rings. The smallest absolute Gasteiger partial charge is 0.277 e. The number of rotatable bonds is 8. The number of nitrogens with zero attached hydrogens (tertiary/aromatic N) is 3. The first-order valence-electron chi connectivity index (χ1n) is 11.1. The summed E-state index contributed by atoms with van der Waals surface area (Å²) in [7, 11) is 1.76. The van der Waals surface area contributed by atoms with Gasteiger partial charge < -0.3 is 9.72 Å². The van der Waals surface area contributed by atoms with Crippen LogP contribution in [0.4, 0.5) is 0 Å². The van der Waals surface area contributed by atoms with Gasteiger partial charge in [0.25, 0.3) is 5.56 Å². The van der Waals surface area contributed by atoms with Gasteiger partial charge in [0, 0.05) is 13.0 Å². The number of hydroxylamine groups is 1. The van der Waals surface area contributed by atoms with Crippen LogP contribution in [0.5, 0.6) is 5.75 Å². The van der Waals surface area contributed by atoms with Crippen LogP contribution in [0.15, 0.2) is 23.0 Å². The van der Waals surface area contributed by atoms with E-state index in [9.17, 15) is 9.59 Å². The van der Waals surface area contributed by atoms with E-state index in [1.807, 2.05) is 25.1 Å². The highest BCUT2D eigenvalue weighted by molar-refractivity contribution is 5.80. The molecule has 32 heavy (non-hydrogen) atoms. The van der Waals surface area contributed by atoms with Crippen LogP contribution in [0.1, 0.15) is 44.4 Å². The minimum Gasteiger partial charge on any atom is -0.493 e. The molecule has 9 nitrogen and oxygen atoms in total. The second kappa shape index (κ2) is 9.12. The number of nitrogens with one attached hydrogen (secondary N) is 2. The van der Waals surface area contributed by atoms with Gasteiger partial charge in [0.1, 0.15) is 17.1 Å². The molecule has 0 atom stereocenters. The molecule has 3 N–H and O–H groups in total. The van der Waals surface area contributed by atoms with Crippen LogP contribution in [0.2, 0.25) is 0 Å². The van der Waals surface area contributed by atoms with E-state index in [2.05, 4.69) is 17.0 Å². The minimum absolute atomic E-state index is 0.129. The van der Waals surface area contributed by atoms with Gasteiger partial charge in [-0.3, -0.25) is 19.5 Å². The molecule has 0 unspecified atom stereocenters. The van der Waals surface area contributed by atoms with E-state index in [-0.39, 0.29) is 17.4 Å². The molecular weight excluding hydrogens is 410 g/mol. The Morgan fingerprint density at radius 1 is 1.34 bits per heavy atom. The summed E-state index contributed by atoms with van der Waals surface area (Å²) >= 11 is 0. The molecule has 1 amide bonds. The Bertz CT molecular complexity index is 1190. The molecule has 1 aromatic carbocycles. The van der Waals surface area contributed by atoms with Crippen LogP contribution in [-0.4, -0.2) is 37.5 Å². The van der Waals surface area contributed by atoms with E-state index < -0.39 is 0 Å². The number of carbonyl (C=O) groups is 1. The summed E-state index contributed by atoms with van der Waals surface area (Å²) in [4.78, 5) is 32.1. The molecule has 0 radical (unpaired) electrons. The van der Waals surface area contributed by atoms with Crippen molar-refractivity contribution in [1.82, 2.24) is 25.2 Å². The zero-order valence-electron chi connectivity index (χ0n) is 18.6. The van der Waals surface area contributed by atoms with Gasteiger partial charge in [0.05, 0.1) is 17.9 Å². The van der Waals surface area contributed by atoms with Crippen molar-refractivity contribution in [3.8, 4) is 17.1 Å². The molecule has 1 saturated carbocycles. The molecule has 0 aliphatic heterocycles. The van der Waals surface area contributed by atoms with Gasteiger partial charge in [0.2, 0.25) is 5.91 Å². The Morgan fingerprint density at radius 2 is 2.12 bits per heavy atom. The average molecular weight is 440 g/mol. The van der Waals surface area contributed by atoms with Crippen LogP contribution in [0, 0.1) is 11.8 Å². The SMILES string of the molecule is CCCc1nn(C)c2c(=O)[nH]c(-c3cc(CC4CC(C(=O)NO)C4)ccc3OCC)nc12. The predicted molar refractivity (Wildman–Crippen MR) is 120 cm³/mol. The zero-order valence-corrected chi connectivity index (χ0v) is 18.6. The number of aromatic nitrogens is 4. The Hall–Kier alpha value is -3.20. The largest absolute Gasteiger partial charge is 0.493 e. The third-order valence-corrected chi connectivity index (χ3v) is 6.09. The fourth-order valence-corrected chi connectivity index (χ4v) is 4.49. The lowest BCUT2D eigenvalue weighted by Crippen LogP contribution is -2.38. The maximum absolute atomic E-state index is 12.9. The maximum atomic E-state index is 12.9. The summed E-state index contributed by atoms with van der Waals surface area (Å²) in [6, 6.07) is 5.92. The summed E-state index contributed by atoms with van der Waals surface area (Å²) in [5, 5.41) is 13.3. The van der Waals surface area contributed by atoms with Crippen LogP contribution in [0.3, 0.4) is 0 Å². The highest BCUT2D eigenvalue weighted by Crippen LogP contribution is 2.38. The summed E-state index contributed by atoms with van der Waals surface area (Å²) in [6.45, 7) is 4.48. The molecule has 9 heteroatoms. The average Bonchev–Trinajstić information content (AvgIpc) is 3.07. The number of fused-ring (bicyclic) bond motifs is 1. The molecule has 2 aromatic heterocycles. The quantitative estimate of drug-likeness (QED) is 0.366. The lowest BCUT2D eigenvalue weighted by atomic mass is 9.72. The summed E-state index contributed by atoms with van der Waals surface area (Å²) in [6.07, 6.45) is 3.94. The fraction of sp³-hybridized carbons (Fsp3) is 0.478. The highest BCUT2D eigenvalue weighted by Gasteiger charge is 2.34. The number of hydrogen-bond donors (Lipinski definition) is 3. The van der Waals surface area contributed by atoms with Gasteiger partial charge in [-0.05, 0) is 56.2 Å². The first kappa shape index (κ1) is 22.0. The van der Waals surface area contributed by atoms with Crippen molar-refractivity contribution in [2.45, 2.75) is 46.0 Å². The predicted octanol–water partition coefficient (Wildman–Crippen LogP) is 2.75. The van der Waals surface area contributed by atoms with Crippen molar-refractivity contribution in [2.24, 2.45) is 18.9 Å². The Morgan fingerprint density at radius 3 is 2.81 bits per heavy atom. The zero-order chi connectivity index (χ0) is 22.8. The summed E-state index contributed by atoms with van der Waals surface area (Å²) in [5.74, 6) is 1.04. The molecule has 2 heterocycles. The van der Waals surface area contributed by atoms with Gasteiger partial charge in [-0.15, -0.1) is 0 Å². The number of benzene rings is 1. The van der Waals surface area contributed by atoms with Gasteiger partial charge in [-0.2, -0.15) is 5.10 Å². The van der Waals surface area contributed by atoms with Crippen molar-refractivity contribution >= 4 is 16.9 Å². The van der Waals surface area contributed by atoms with Crippen molar-refractivity contribution in [2.75, 3.05) is 6.61 Å². The number of hydrogen-bond acceptors (Lipinski definition) is 6. The Kier molecular flexibility index (Phi) is 6.27. The lowest BCUT2D eigenvalue weighted by Gasteiger charge is -2.33. The lowest BCUT2D eigenvalue weighted by molar-refractivity contribution is -0.137. The number of ether oxygens (including phenoxy) is 1. The third kappa shape index (κ3) is 4.12. The minimum atomic E-state index is -0.317. The number of H-pyrrole nitrogens is 1. The van der Waals surface area contributed by atoms with E-state index >= 15 is 0 Å². The van der Waals surface area contributed by atoms with Crippen molar-refractivity contribution in [1.29, 1.82) is 0 Å². The third-order valence-electron chi connectivity index (χ3n) is 6.09.